The van der Waals surface area contributed by atoms with Crippen molar-refractivity contribution in [1.29, 1.82) is 0 Å². The van der Waals surface area contributed by atoms with Crippen LogP contribution in [0.5, 0.6) is 0 Å². The lowest BCUT2D eigenvalue weighted by Gasteiger charge is -2.31. The van der Waals surface area contributed by atoms with Gasteiger partial charge in [0, 0.05) is 36.6 Å². The van der Waals surface area contributed by atoms with Gasteiger partial charge in [-0.3, -0.25) is 10.1 Å². The number of carbonyl (C=O) groups excluding carboxylic acids is 1. The van der Waals surface area contributed by atoms with Crippen LogP contribution in [0.1, 0.15) is 39.3 Å². The van der Waals surface area contributed by atoms with Crippen LogP contribution in [0.15, 0.2) is 35.6 Å². The summed E-state index contributed by atoms with van der Waals surface area (Å²) in [5, 5.41) is 11.0. The van der Waals surface area contributed by atoms with E-state index in [9.17, 15) is 4.79 Å². The highest BCUT2D eigenvalue weighted by Gasteiger charge is 2.27. The quantitative estimate of drug-likeness (QED) is 0.714. The number of nitrogens with zero attached hydrogens (tertiary/aromatic N) is 7. The van der Waals surface area contributed by atoms with E-state index in [1.165, 1.54) is 12.7 Å². The van der Waals surface area contributed by atoms with Crippen LogP contribution in [-0.2, 0) is 10.2 Å². The van der Waals surface area contributed by atoms with Crippen LogP contribution in [0.3, 0.4) is 0 Å². The van der Waals surface area contributed by atoms with E-state index in [2.05, 4.69) is 35.4 Å². The number of rotatable bonds is 4. The molecule has 1 fully saturated rings. The highest BCUT2D eigenvalue weighted by Crippen LogP contribution is 2.26. The largest absolute Gasteiger partial charge is 0.356 e. The minimum absolute atomic E-state index is 0.0350. The molecule has 1 N–H and O–H groups in total. The lowest BCUT2D eigenvalue weighted by molar-refractivity contribution is -0.120. The molecule has 0 spiro atoms. The molecule has 4 rings (SSSR count). The van der Waals surface area contributed by atoms with Crippen LogP contribution < -0.4 is 10.2 Å². The summed E-state index contributed by atoms with van der Waals surface area (Å²) < 4.78 is 6.86. The Morgan fingerprint density at radius 2 is 1.90 bits per heavy atom. The summed E-state index contributed by atoms with van der Waals surface area (Å²) in [4.78, 5) is 27.3. The average molecular weight is 396 g/mol. The number of piperidine rings is 1. The molecule has 0 bridgehead atoms. The van der Waals surface area contributed by atoms with E-state index in [4.69, 9.17) is 4.52 Å². The first kappa shape index (κ1) is 19.0. The van der Waals surface area contributed by atoms with Crippen molar-refractivity contribution >= 4 is 17.6 Å². The zero-order valence-corrected chi connectivity index (χ0v) is 16.7. The topological polar surface area (TPSA) is 115 Å². The van der Waals surface area contributed by atoms with Crippen molar-refractivity contribution in [2.45, 2.75) is 39.0 Å². The molecule has 0 aliphatic carbocycles. The molecular weight excluding hydrogens is 372 g/mol. The average Bonchev–Trinajstić information content (AvgIpc) is 3.40. The van der Waals surface area contributed by atoms with Crippen LogP contribution in [0.2, 0.25) is 0 Å². The molecule has 1 aliphatic heterocycles. The Labute approximate surface area is 168 Å². The van der Waals surface area contributed by atoms with E-state index in [1.807, 2.05) is 26.8 Å². The maximum atomic E-state index is 12.6. The summed E-state index contributed by atoms with van der Waals surface area (Å²) >= 11 is 0. The molecule has 1 amide bonds. The summed E-state index contributed by atoms with van der Waals surface area (Å²) in [5.74, 6) is 1.76. The molecule has 0 aromatic carbocycles. The van der Waals surface area contributed by atoms with E-state index in [0.29, 0.717) is 11.7 Å². The van der Waals surface area contributed by atoms with Gasteiger partial charge in [0.2, 0.25) is 11.8 Å². The zero-order chi connectivity index (χ0) is 20.4. The van der Waals surface area contributed by atoms with Gasteiger partial charge < -0.3 is 9.42 Å². The van der Waals surface area contributed by atoms with Crippen LogP contribution >= 0.6 is 0 Å². The molecule has 0 atom stereocenters. The number of nitrogens with one attached hydrogen (secondary N) is 1. The molecule has 3 aromatic rings. The van der Waals surface area contributed by atoms with Gasteiger partial charge in [-0.15, -0.1) is 0 Å². The molecule has 29 heavy (non-hydrogen) atoms. The van der Waals surface area contributed by atoms with Gasteiger partial charge in [-0.2, -0.15) is 5.10 Å². The Morgan fingerprint density at radius 1 is 1.14 bits per heavy atom. The maximum absolute atomic E-state index is 12.6. The first-order valence-electron chi connectivity index (χ1n) is 9.60. The molecule has 10 heteroatoms. The second-order valence-corrected chi connectivity index (χ2v) is 8.15. The van der Waals surface area contributed by atoms with Crippen LogP contribution in [0.4, 0.5) is 11.7 Å². The second kappa shape index (κ2) is 7.61. The SMILES string of the molecule is CC(C)(C)c1cc(NC(=O)C2CCN(c3cc(-n4cncn4)ncn3)CC2)on1. The van der Waals surface area contributed by atoms with Gasteiger partial charge in [0.25, 0.3) is 0 Å². The third-order valence-electron chi connectivity index (χ3n) is 5.01. The van der Waals surface area contributed by atoms with Crippen molar-refractivity contribution in [3.63, 3.8) is 0 Å². The van der Waals surface area contributed by atoms with Gasteiger partial charge in [0.05, 0.1) is 5.69 Å². The van der Waals surface area contributed by atoms with Gasteiger partial charge in [-0.05, 0) is 12.8 Å². The van der Waals surface area contributed by atoms with E-state index in [0.717, 1.165) is 37.4 Å². The highest BCUT2D eigenvalue weighted by molar-refractivity contribution is 5.91. The molecule has 0 radical (unpaired) electrons. The minimum Gasteiger partial charge on any atom is -0.356 e. The molecule has 10 nitrogen and oxygen atoms in total. The molecule has 152 valence electrons. The van der Waals surface area contributed by atoms with Crippen LogP contribution in [-0.4, -0.2) is 48.9 Å². The number of amides is 1. The monoisotopic (exact) mass is 396 g/mol. The highest BCUT2D eigenvalue weighted by atomic mass is 16.5. The van der Waals surface area contributed by atoms with E-state index in [-0.39, 0.29) is 17.2 Å². The Hall–Kier alpha value is -3.30. The molecule has 0 unspecified atom stereocenters. The number of aromatic nitrogens is 6. The summed E-state index contributed by atoms with van der Waals surface area (Å²) in [6.07, 6.45) is 6.04. The number of hydrogen-bond acceptors (Lipinski definition) is 8. The normalized spacial score (nSPS) is 15.5. The van der Waals surface area contributed by atoms with E-state index in [1.54, 1.807) is 17.1 Å². The molecule has 3 aromatic heterocycles. The number of hydrogen-bond donors (Lipinski definition) is 1. The summed E-state index contributed by atoms with van der Waals surface area (Å²) in [5.41, 5.74) is 0.690. The van der Waals surface area contributed by atoms with Crippen molar-refractivity contribution in [2.75, 3.05) is 23.3 Å². The van der Waals surface area contributed by atoms with Crippen molar-refractivity contribution in [2.24, 2.45) is 5.92 Å². The van der Waals surface area contributed by atoms with Gasteiger partial charge in [-0.1, -0.05) is 25.9 Å². The maximum Gasteiger partial charge on any atom is 0.231 e. The number of anilines is 2. The first-order valence-corrected chi connectivity index (χ1v) is 9.60. The third kappa shape index (κ3) is 4.25. The van der Waals surface area contributed by atoms with Crippen molar-refractivity contribution in [1.82, 2.24) is 29.9 Å². The van der Waals surface area contributed by atoms with E-state index < -0.39 is 0 Å². The predicted octanol–water partition coefficient (Wildman–Crippen LogP) is 2.20. The number of carbonyl (C=O) groups is 1. The predicted molar refractivity (Wildman–Crippen MR) is 106 cm³/mol. The summed E-state index contributed by atoms with van der Waals surface area (Å²) in [7, 11) is 0. The van der Waals surface area contributed by atoms with Crippen LogP contribution in [0, 0.1) is 5.92 Å². The Morgan fingerprint density at radius 3 is 2.55 bits per heavy atom. The van der Waals surface area contributed by atoms with Crippen LogP contribution in [0.25, 0.3) is 5.82 Å². The van der Waals surface area contributed by atoms with Crippen molar-refractivity contribution < 1.29 is 9.32 Å². The Balaban J connectivity index is 1.35. The molecular formula is C19H24N8O2. The second-order valence-electron chi connectivity index (χ2n) is 8.15. The molecule has 0 saturated carbocycles. The standard InChI is InChI=1S/C19H24N8O2/c1-19(2,3)14-8-17(29-25-14)24-18(28)13-4-6-26(7-5-13)15-9-16(22-11-21-15)27-12-20-10-23-27/h8-13H,4-7H2,1-3H3,(H,24,28). The smallest absolute Gasteiger partial charge is 0.231 e. The van der Waals surface area contributed by atoms with Gasteiger partial charge in [0.15, 0.2) is 5.82 Å². The fourth-order valence-electron chi connectivity index (χ4n) is 3.24. The lowest BCUT2D eigenvalue weighted by atomic mass is 9.92. The third-order valence-corrected chi connectivity index (χ3v) is 5.01. The Kier molecular flexibility index (Phi) is 4.99. The van der Waals surface area contributed by atoms with Gasteiger partial charge >= 0.3 is 0 Å². The summed E-state index contributed by atoms with van der Waals surface area (Å²) in [6, 6.07) is 3.66. The fourth-order valence-corrected chi connectivity index (χ4v) is 3.24. The van der Waals surface area contributed by atoms with Crippen molar-refractivity contribution in [3.8, 4) is 5.82 Å². The van der Waals surface area contributed by atoms with Gasteiger partial charge in [0.1, 0.15) is 24.8 Å². The minimum atomic E-state index is -0.125. The Bertz CT molecular complexity index is 968. The zero-order valence-electron chi connectivity index (χ0n) is 16.7. The van der Waals surface area contributed by atoms with Gasteiger partial charge in [-0.25, -0.2) is 19.6 Å². The molecule has 4 heterocycles. The molecule has 1 aliphatic rings. The lowest BCUT2D eigenvalue weighted by Crippen LogP contribution is -2.38. The van der Waals surface area contributed by atoms with Crippen molar-refractivity contribution in [3.05, 3.63) is 36.8 Å². The first-order chi connectivity index (χ1) is 13.9. The molecule has 1 saturated heterocycles. The summed E-state index contributed by atoms with van der Waals surface area (Å²) in [6.45, 7) is 7.61. The fraction of sp³-hybridized carbons (Fsp3) is 0.474. The van der Waals surface area contributed by atoms with E-state index >= 15 is 0 Å².